The smallest absolute Gasteiger partial charge is 0.321 e. The third kappa shape index (κ3) is 5.20. The topological polar surface area (TPSA) is 98.7 Å². The van der Waals surface area contributed by atoms with Crippen LogP contribution in [-0.4, -0.2) is 53.1 Å². The molecule has 2 rings (SSSR count). The molecule has 1 heterocycles. The van der Waals surface area contributed by atoms with Gasteiger partial charge < -0.3 is 10.4 Å². The van der Waals surface area contributed by atoms with Crippen molar-refractivity contribution in [1.29, 1.82) is 0 Å². The van der Waals surface area contributed by atoms with Gasteiger partial charge in [0.15, 0.2) is 0 Å². The van der Waals surface area contributed by atoms with Crippen molar-refractivity contribution in [3.05, 3.63) is 0 Å². The van der Waals surface area contributed by atoms with E-state index in [4.69, 9.17) is 5.11 Å². The van der Waals surface area contributed by atoms with Crippen LogP contribution in [0.3, 0.4) is 0 Å². The quantitative estimate of drug-likeness (QED) is 0.724. The molecular weight excluding hydrogens is 298 g/mol. The number of nitrogens with zero attached hydrogens (tertiary/aromatic N) is 1. The van der Waals surface area contributed by atoms with Gasteiger partial charge in [-0.2, -0.15) is 0 Å². The highest BCUT2D eigenvalue weighted by Crippen LogP contribution is 2.19. The molecule has 2 atom stereocenters. The van der Waals surface area contributed by atoms with Crippen LogP contribution in [0, 0.1) is 5.92 Å². The number of carbonyl (C=O) groups is 3. The lowest BCUT2D eigenvalue weighted by Gasteiger charge is -2.34. The van der Waals surface area contributed by atoms with Crippen LogP contribution in [-0.2, 0) is 9.59 Å². The number of urea groups is 1. The van der Waals surface area contributed by atoms with Crippen molar-refractivity contribution >= 4 is 17.9 Å². The molecule has 1 aliphatic heterocycles. The maximum atomic E-state index is 12.2. The zero-order valence-electron chi connectivity index (χ0n) is 13.7. The number of nitrogens with one attached hydrogen (secondary N) is 2. The van der Waals surface area contributed by atoms with Crippen LogP contribution in [0.5, 0.6) is 0 Å². The Morgan fingerprint density at radius 3 is 2.43 bits per heavy atom. The van der Waals surface area contributed by atoms with Gasteiger partial charge in [-0.1, -0.05) is 19.3 Å². The molecule has 0 bridgehead atoms. The van der Waals surface area contributed by atoms with E-state index in [-0.39, 0.29) is 11.9 Å². The second-order valence-corrected chi connectivity index (χ2v) is 6.65. The van der Waals surface area contributed by atoms with E-state index in [1.165, 1.54) is 6.42 Å². The van der Waals surface area contributed by atoms with E-state index >= 15 is 0 Å². The summed E-state index contributed by atoms with van der Waals surface area (Å²) in [5, 5.41) is 14.4. The van der Waals surface area contributed by atoms with E-state index in [2.05, 4.69) is 10.6 Å². The predicted molar refractivity (Wildman–Crippen MR) is 84.9 cm³/mol. The molecule has 1 aliphatic carbocycles. The minimum atomic E-state index is -0.822. The summed E-state index contributed by atoms with van der Waals surface area (Å²) < 4.78 is 0. The Morgan fingerprint density at radius 2 is 1.78 bits per heavy atom. The van der Waals surface area contributed by atoms with Crippen LogP contribution in [0.25, 0.3) is 0 Å². The lowest BCUT2D eigenvalue weighted by Crippen LogP contribution is -2.53. The van der Waals surface area contributed by atoms with Crippen molar-refractivity contribution in [1.82, 2.24) is 15.5 Å². The van der Waals surface area contributed by atoms with Crippen molar-refractivity contribution in [2.75, 3.05) is 13.1 Å². The van der Waals surface area contributed by atoms with E-state index in [9.17, 15) is 14.4 Å². The Morgan fingerprint density at radius 1 is 1.09 bits per heavy atom. The number of carboxylic acids is 1. The molecule has 7 nitrogen and oxygen atoms in total. The molecule has 7 heteroatoms. The molecule has 3 N–H and O–H groups in total. The van der Waals surface area contributed by atoms with Gasteiger partial charge in [0.05, 0.1) is 12.0 Å². The molecule has 23 heavy (non-hydrogen) atoms. The van der Waals surface area contributed by atoms with E-state index < -0.39 is 24.0 Å². The number of hydrogen-bond donors (Lipinski definition) is 3. The normalized spacial score (nSPS) is 24.7. The summed E-state index contributed by atoms with van der Waals surface area (Å²) in [6, 6.07) is -0.798. The van der Waals surface area contributed by atoms with Gasteiger partial charge in [0.1, 0.15) is 0 Å². The van der Waals surface area contributed by atoms with Crippen molar-refractivity contribution in [2.24, 2.45) is 5.92 Å². The molecule has 1 saturated heterocycles. The maximum absolute atomic E-state index is 12.2. The summed E-state index contributed by atoms with van der Waals surface area (Å²) >= 11 is 0. The number of carboxylic acid groups (broad SMARTS) is 1. The first-order valence-corrected chi connectivity index (χ1v) is 8.55. The van der Waals surface area contributed by atoms with Crippen molar-refractivity contribution in [2.45, 2.75) is 64.0 Å². The summed E-state index contributed by atoms with van der Waals surface area (Å²) in [7, 11) is 0. The van der Waals surface area contributed by atoms with Crippen molar-refractivity contribution in [3.8, 4) is 0 Å². The number of hydrogen-bond acceptors (Lipinski definition) is 4. The van der Waals surface area contributed by atoms with Gasteiger partial charge in [0, 0.05) is 12.6 Å². The fourth-order valence-electron chi connectivity index (χ4n) is 3.41. The fraction of sp³-hybridized carbons (Fsp3) is 0.812. The third-order valence-electron chi connectivity index (χ3n) is 4.91. The molecule has 2 aliphatic rings. The number of rotatable bonds is 4. The molecule has 0 aromatic rings. The number of aliphatic carboxylic acids is 1. The highest BCUT2D eigenvalue weighted by atomic mass is 16.4. The lowest BCUT2D eigenvalue weighted by molar-refractivity contribution is -0.144. The predicted octanol–water partition coefficient (Wildman–Crippen LogP) is 1.33. The Labute approximate surface area is 136 Å². The molecule has 3 amide bonds. The van der Waals surface area contributed by atoms with Crippen LogP contribution >= 0.6 is 0 Å². The van der Waals surface area contributed by atoms with Gasteiger partial charge in [-0.3, -0.25) is 19.8 Å². The van der Waals surface area contributed by atoms with Crippen molar-refractivity contribution < 1.29 is 19.5 Å². The first kappa shape index (κ1) is 17.7. The van der Waals surface area contributed by atoms with Crippen LogP contribution in [0.15, 0.2) is 0 Å². The zero-order valence-corrected chi connectivity index (χ0v) is 13.7. The minimum Gasteiger partial charge on any atom is -0.481 e. The van der Waals surface area contributed by atoms with Gasteiger partial charge in [-0.25, -0.2) is 4.79 Å². The lowest BCUT2D eigenvalue weighted by atomic mass is 9.96. The molecule has 0 aromatic heterocycles. The number of imide groups is 1. The monoisotopic (exact) mass is 325 g/mol. The SMILES string of the molecule is CC(C(=O)NC(=O)NC1CCCCC1)N1CCCC(C(=O)O)C1. The van der Waals surface area contributed by atoms with Gasteiger partial charge in [0.25, 0.3) is 0 Å². The fourth-order valence-corrected chi connectivity index (χ4v) is 3.41. The minimum absolute atomic E-state index is 0.151. The first-order chi connectivity index (χ1) is 11.0. The standard InChI is InChI=1S/C16H27N3O4/c1-11(19-9-5-6-12(10-19)15(21)22)14(20)18-16(23)17-13-7-3-2-4-8-13/h11-13H,2-10H2,1H3,(H,21,22)(H2,17,18,20,23). The Kier molecular flexibility index (Phi) is 6.38. The van der Waals surface area contributed by atoms with Crippen LogP contribution in [0.4, 0.5) is 4.79 Å². The highest BCUT2D eigenvalue weighted by Gasteiger charge is 2.31. The Hall–Kier alpha value is -1.63. The van der Waals surface area contributed by atoms with Crippen molar-refractivity contribution in [3.63, 3.8) is 0 Å². The average molecular weight is 325 g/mol. The van der Waals surface area contributed by atoms with Crippen LogP contribution in [0.2, 0.25) is 0 Å². The number of carbonyl (C=O) groups excluding carboxylic acids is 2. The Bertz CT molecular complexity index is 449. The molecule has 0 radical (unpaired) electrons. The van der Waals surface area contributed by atoms with E-state index in [0.29, 0.717) is 19.5 Å². The summed E-state index contributed by atoms with van der Waals surface area (Å²) in [6.07, 6.45) is 6.74. The summed E-state index contributed by atoms with van der Waals surface area (Å²) in [5.41, 5.74) is 0. The molecule has 0 spiro atoms. The van der Waals surface area contributed by atoms with E-state index in [1.807, 2.05) is 4.90 Å². The second-order valence-electron chi connectivity index (χ2n) is 6.65. The summed E-state index contributed by atoms with van der Waals surface area (Å²) in [6.45, 7) is 2.75. The number of piperidine rings is 1. The third-order valence-corrected chi connectivity index (χ3v) is 4.91. The van der Waals surface area contributed by atoms with Gasteiger partial charge in [-0.05, 0) is 39.2 Å². The van der Waals surface area contributed by atoms with Crippen LogP contribution in [0.1, 0.15) is 51.9 Å². The highest BCUT2D eigenvalue weighted by molar-refractivity contribution is 5.96. The van der Waals surface area contributed by atoms with Gasteiger partial charge in [-0.15, -0.1) is 0 Å². The molecular formula is C16H27N3O4. The van der Waals surface area contributed by atoms with E-state index in [1.54, 1.807) is 6.92 Å². The molecule has 0 aromatic carbocycles. The molecule has 2 unspecified atom stereocenters. The second kappa shape index (κ2) is 8.29. The maximum Gasteiger partial charge on any atom is 0.321 e. The van der Waals surface area contributed by atoms with Gasteiger partial charge >= 0.3 is 12.0 Å². The average Bonchev–Trinajstić information content (AvgIpc) is 2.55. The van der Waals surface area contributed by atoms with Crippen LogP contribution < -0.4 is 10.6 Å². The Balaban J connectivity index is 1.79. The van der Waals surface area contributed by atoms with Gasteiger partial charge in [0.2, 0.25) is 5.91 Å². The zero-order chi connectivity index (χ0) is 16.8. The van der Waals surface area contributed by atoms with E-state index in [0.717, 1.165) is 32.1 Å². The number of likely N-dealkylation sites (tertiary alicyclic amines) is 1. The summed E-state index contributed by atoms with van der Waals surface area (Å²) in [4.78, 5) is 37.1. The molecule has 2 fully saturated rings. The molecule has 130 valence electrons. The largest absolute Gasteiger partial charge is 0.481 e. The first-order valence-electron chi connectivity index (χ1n) is 8.55. The number of amides is 3. The molecule has 1 saturated carbocycles. The summed E-state index contributed by atoms with van der Waals surface area (Å²) in [5.74, 6) is -1.63.